The maximum absolute atomic E-state index is 12.3. The minimum absolute atomic E-state index is 0.154. The lowest BCUT2D eigenvalue weighted by Gasteiger charge is -2.28. The summed E-state index contributed by atoms with van der Waals surface area (Å²) in [6.07, 6.45) is 3.64. The lowest BCUT2D eigenvalue weighted by molar-refractivity contribution is 0.220. The van der Waals surface area contributed by atoms with Crippen LogP contribution in [0.15, 0.2) is 17.2 Å². The van der Waals surface area contributed by atoms with Crippen LogP contribution in [0.3, 0.4) is 0 Å². The van der Waals surface area contributed by atoms with Crippen LogP contribution in [0, 0.1) is 5.92 Å². The topological polar surface area (TPSA) is 74.6 Å². The van der Waals surface area contributed by atoms with E-state index in [2.05, 4.69) is 16.7 Å². The molecule has 1 aromatic rings. The molecule has 0 saturated carbocycles. The zero-order chi connectivity index (χ0) is 15.5. The molecule has 0 amide bonds. The van der Waals surface area contributed by atoms with Crippen LogP contribution >= 0.6 is 0 Å². The molecule has 0 bridgehead atoms. The lowest BCUT2D eigenvalue weighted by atomic mass is 9.98. The Balaban J connectivity index is 1.99. The summed E-state index contributed by atoms with van der Waals surface area (Å²) in [7, 11) is -1.40. The van der Waals surface area contributed by atoms with Gasteiger partial charge in [0.15, 0.2) is 0 Å². The maximum atomic E-state index is 12.3. The molecule has 6 nitrogen and oxygen atoms in total. The summed E-state index contributed by atoms with van der Waals surface area (Å²) in [6.45, 7) is 4.93. The number of hydrogen-bond donors (Lipinski definition) is 2. The number of nitrogens with zero attached hydrogens (tertiary/aromatic N) is 2. The van der Waals surface area contributed by atoms with Crippen molar-refractivity contribution in [2.75, 3.05) is 26.7 Å². The van der Waals surface area contributed by atoms with E-state index < -0.39 is 10.0 Å². The van der Waals surface area contributed by atoms with E-state index in [1.165, 1.54) is 0 Å². The smallest absolute Gasteiger partial charge is 0.242 e. The Bertz CT molecular complexity index is 539. The van der Waals surface area contributed by atoms with Crippen molar-refractivity contribution in [3.05, 3.63) is 18.0 Å². The lowest BCUT2D eigenvalue weighted by Crippen LogP contribution is -2.36. The fourth-order valence-corrected chi connectivity index (χ4v) is 3.85. The minimum Gasteiger partial charge on any atom is -0.390 e. The second-order valence-corrected chi connectivity index (χ2v) is 7.48. The molecule has 120 valence electrons. The molecule has 2 rings (SSSR count). The summed E-state index contributed by atoms with van der Waals surface area (Å²) < 4.78 is 29.1. The van der Waals surface area contributed by atoms with Crippen molar-refractivity contribution < 1.29 is 13.5 Å². The summed E-state index contributed by atoms with van der Waals surface area (Å²) in [6, 6.07) is 1.54. The number of aryl methyl sites for hydroxylation is 1. The van der Waals surface area contributed by atoms with Crippen molar-refractivity contribution in [1.29, 1.82) is 0 Å². The van der Waals surface area contributed by atoms with E-state index in [1.54, 1.807) is 16.8 Å². The van der Waals surface area contributed by atoms with Gasteiger partial charge in [0, 0.05) is 25.0 Å². The Hall–Kier alpha value is -0.890. The van der Waals surface area contributed by atoms with Crippen molar-refractivity contribution in [1.82, 2.24) is 14.2 Å². The van der Waals surface area contributed by atoms with E-state index in [0.29, 0.717) is 24.7 Å². The number of piperidine rings is 1. The quantitative estimate of drug-likeness (QED) is 0.807. The van der Waals surface area contributed by atoms with Crippen LogP contribution in [0.1, 0.15) is 25.5 Å². The van der Waals surface area contributed by atoms with Gasteiger partial charge in [-0.3, -0.25) is 0 Å². The van der Waals surface area contributed by atoms with E-state index in [-0.39, 0.29) is 11.5 Å². The average molecular weight is 315 g/mol. The fourth-order valence-electron chi connectivity index (χ4n) is 2.68. The molecule has 0 spiro atoms. The molecular formula is C14H25N3O3S. The highest BCUT2D eigenvalue weighted by atomic mass is 32.2. The minimum atomic E-state index is -3.49. The molecular weight excluding hydrogens is 290 g/mol. The van der Waals surface area contributed by atoms with Gasteiger partial charge in [0.25, 0.3) is 0 Å². The van der Waals surface area contributed by atoms with Crippen LogP contribution in [0.2, 0.25) is 0 Å². The summed E-state index contributed by atoms with van der Waals surface area (Å²) in [4.78, 5) is 2.50. The van der Waals surface area contributed by atoms with Crippen molar-refractivity contribution in [2.24, 2.45) is 5.92 Å². The van der Waals surface area contributed by atoms with Gasteiger partial charge in [0.1, 0.15) is 0 Å². The van der Waals surface area contributed by atoms with E-state index in [9.17, 15) is 13.5 Å². The standard InChI is InChI=1S/C14H25N3O3S/c1-3-17-10-14(8-13(17)11-18)21(19,20)15-9-12-4-6-16(2)7-5-12/h8,10,12,15,18H,3-7,9,11H2,1-2H3. The zero-order valence-electron chi connectivity index (χ0n) is 12.7. The Morgan fingerprint density at radius 3 is 2.57 bits per heavy atom. The number of rotatable bonds is 6. The first-order chi connectivity index (χ1) is 9.96. The van der Waals surface area contributed by atoms with Gasteiger partial charge >= 0.3 is 0 Å². The normalized spacial score (nSPS) is 18.2. The van der Waals surface area contributed by atoms with Gasteiger partial charge in [-0.1, -0.05) is 0 Å². The van der Waals surface area contributed by atoms with E-state index in [4.69, 9.17) is 0 Å². The van der Waals surface area contributed by atoms with Gasteiger partial charge in [-0.05, 0) is 51.9 Å². The van der Waals surface area contributed by atoms with Crippen LogP contribution in [0.25, 0.3) is 0 Å². The Morgan fingerprint density at radius 1 is 1.38 bits per heavy atom. The van der Waals surface area contributed by atoms with Crippen molar-refractivity contribution in [3.8, 4) is 0 Å². The fraction of sp³-hybridized carbons (Fsp3) is 0.714. The predicted molar refractivity (Wildman–Crippen MR) is 81.4 cm³/mol. The van der Waals surface area contributed by atoms with Crippen LogP contribution in [0.4, 0.5) is 0 Å². The number of nitrogens with one attached hydrogen (secondary N) is 1. The maximum Gasteiger partial charge on any atom is 0.242 e. The highest BCUT2D eigenvalue weighted by Crippen LogP contribution is 2.18. The van der Waals surface area contributed by atoms with Gasteiger partial charge in [0.2, 0.25) is 10.0 Å². The van der Waals surface area contributed by atoms with Crippen LogP contribution in [-0.2, 0) is 23.2 Å². The van der Waals surface area contributed by atoms with Gasteiger partial charge in [0.05, 0.1) is 11.5 Å². The predicted octanol–water partition coefficient (Wildman–Crippen LogP) is 0.620. The summed E-state index contributed by atoms with van der Waals surface area (Å²) in [5.74, 6) is 0.404. The van der Waals surface area contributed by atoms with Gasteiger partial charge in [-0.15, -0.1) is 0 Å². The highest BCUT2D eigenvalue weighted by molar-refractivity contribution is 7.89. The molecule has 1 fully saturated rings. The van der Waals surface area contributed by atoms with Gasteiger partial charge in [-0.2, -0.15) is 0 Å². The molecule has 0 aliphatic carbocycles. The number of hydrogen-bond acceptors (Lipinski definition) is 4. The number of aliphatic hydroxyl groups is 1. The molecule has 21 heavy (non-hydrogen) atoms. The molecule has 1 aliphatic rings. The molecule has 2 heterocycles. The number of sulfonamides is 1. The molecule has 0 aromatic carbocycles. The third-order valence-corrected chi connectivity index (χ3v) is 5.56. The second kappa shape index (κ2) is 6.91. The summed E-state index contributed by atoms with van der Waals surface area (Å²) in [5.41, 5.74) is 0.622. The molecule has 0 radical (unpaired) electrons. The Labute approximate surface area is 126 Å². The Morgan fingerprint density at radius 2 is 2.05 bits per heavy atom. The molecule has 0 unspecified atom stereocenters. The number of aromatic nitrogens is 1. The summed E-state index contributed by atoms with van der Waals surface area (Å²) in [5, 5.41) is 9.25. The van der Waals surface area contributed by atoms with Gasteiger partial charge < -0.3 is 14.6 Å². The molecule has 1 aliphatic heterocycles. The van der Waals surface area contributed by atoms with Crippen molar-refractivity contribution in [3.63, 3.8) is 0 Å². The second-order valence-electron chi connectivity index (χ2n) is 5.71. The number of aliphatic hydroxyl groups excluding tert-OH is 1. The molecule has 7 heteroatoms. The van der Waals surface area contributed by atoms with Gasteiger partial charge in [-0.25, -0.2) is 13.1 Å². The molecule has 2 N–H and O–H groups in total. The highest BCUT2D eigenvalue weighted by Gasteiger charge is 2.22. The van der Waals surface area contributed by atoms with Crippen molar-refractivity contribution in [2.45, 2.75) is 37.8 Å². The first kappa shape index (κ1) is 16.5. The SMILES string of the molecule is CCn1cc(S(=O)(=O)NCC2CCN(C)CC2)cc1CO. The third-order valence-electron chi connectivity index (χ3n) is 4.17. The largest absolute Gasteiger partial charge is 0.390 e. The third kappa shape index (κ3) is 4.06. The average Bonchev–Trinajstić information content (AvgIpc) is 2.91. The molecule has 0 atom stereocenters. The van der Waals surface area contributed by atoms with E-state index >= 15 is 0 Å². The molecule has 1 saturated heterocycles. The monoisotopic (exact) mass is 315 g/mol. The first-order valence-electron chi connectivity index (χ1n) is 7.44. The van der Waals surface area contributed by atoms with E-state index in [0.717, 1.165) is 25.9 Å². The van der Waals surface area contributed by atoms with Crippen LogP contribution < -0.4 is 4.72 Å². The summed E-state index contributed by atoms with van der Waals surface area (Å²) >= 11 is 0. The first-order valence-corrected chi connectivity index (χ1v) is 8.92. The number of likely N-dealkylation sites (tertiary alicyclic amines) is 1. The van der Waals surface area contributed by atoms with Crippen LogP contribution in [0.5, 0.6) is 0 Å². The zero-order valence-corrected chi connectivity index (χ0v) is 13.6. The molecule has 1 aromatic heterocycles. The Kier molecular flexibility index (Phi) is 5.43. The van der Waals surface area contributed by atoms with Crippen molar-refractivity contribution >= 4 is 10.0 Å². The van der Waals surface area contributed by atoms with Crippen LogP contribution in [-0.4, -0.2) is 49.7 Å². The van der Waals surface area contributed by atoms with E-state index in [1.807, 2.05) is 6.92 Å².